The van der Waals surface area contributed by atoms with E-state index in [1.165, 1.54) is 9.80 Å². The second kappa shape index (κ2) is 8.94. The highest BCUT2D eigenvalue weighted by Crippen LogP contribution is 2.19. The molecule has 1 aromatic carbocycles. The molecule has 1 saturated heterocycles. The van der Waals surface area contributed by atoms with Gasteiger partial charge in [-0.25, -0.2) is 4.79 Å². The minimum atomic E-state index is -0.731. The summed E-state index contributed by atoms with van der Waals surface area (Å²) < 4.78 is 4.91. The molecule has 0 spiro atoms. The zero-order valence-electron chi connectivity index (χ0n) is 13.7. The molecule has 0 radical (unpaired) electrons. The number of nitrogens with one attached hydrogen (secondary N) is 1. The molecular weight excluding hydrogens is 344 g/mol. The summed E-state index contributed by atoms with van der Waals surface area (Å²) in [5, 5.41) is 13.1. The van der Waals surface area contributed by atoms with E-state index in [9.17, 15) is 14.4 Å². The number of carbonyl (C=O) groups excluding carboxylic acids is 3. The van der Waals surface area contributed by atoms with Gasteiger partial charge in [-0.05, 0) is 43.0 Å². The van der Waals surface area contributed by atoms with Gasteiger partial charge in [0.05, 0.1) is 6.61 Å². The molecule has 3 amide bonds. The molecule has 9 heteroatoms. The summed E-state index contributed by atoms with van der Waals surface area (Å²) in [6.07, 6.45) is -0.408. The van der Waals surface area contributed by atoms with Crippen LogP contribution in [0.15, 0.2) is 29.2 Å². The number of piperazine rings is 1. The second-order valence-electron chi connectivity index (χ2n) is 5.15. The summed E-state index contributed by atoms with van der Waals surface area (Å²) in [6, 6.07) is 6.63. The smallest absolute Gasteiger partial charge is 0.409 e. The maximum absolute atomic E-state index is 12.2. The molecule has 1 aliphatic heterocycles. The van der Waals surface area contributed by atoms with E-state index >= 15 is 0 Å². The van der Waals surface area contributed by atoms with Crippen molar-refractivity contribution in [1.82, 2.24) is 9.80 Å². The van der Waals surface area contributed by atoms with E-state index < -0.39 is 17.9 Å². The van der Waals surface area contributed by atoms with Crippen LogP contribution in [0.1, 0.15) is 6.92 Å². The monoisotopic (exact) mass is 362 g/mol. The van der Waals surface area contributed by atoms with E-state index in [0.717, 1.165) is 16.7 Å². The van der Waals surface area contributed by atoms with Crippen LogP contribution in [0.25, 0.3) is 0 Å². The van der Waals surface area contributed by atoms with E-state index in [-0.39, 0.29) is 13.1 Å². The third-order valence-corrected chi connectivity index (χ3v) is 4.16. The van der Waals surface area contributed by atoms with Crippen LogP contribution in [0, 0.1) is 10.7 Å². The zero-order valence-corrected chi connectivity index (χ0v) is 14.5. The van der Waals surface area contributed by atoms with E-state index in [0.29, 0.717) is 25.4 Å². The molecule has 0 aromatic heterocycles. The third kappa shape index (κ3) is 5.12. The molecule has 0 atom stereocenters. The molecule has 25 heavy (non-hydrogen) atoms. The predicted octanol–water partition coefficient (Wildman–Crippen LogP) is 1.50. The van der Waals surface area contributed by atoms with Crippen molar-refractivity contribution >= 4 is 35.4 Å². The number of thioether (sulfide) groups is 1. The van der Waals surface area contributed by atoms with Crippen molar-refractivity contribution in [1.29, 1.82) is 5.26 Å². The molecule has 8 nitrogen and oxygen atoms in total. The largest absolute Gasteiger partial charge is 0.450 e. The van der Waals surface area contributed by atoms with Crippen LogP contribution in [0.4, 0.5) is 10.5 Å². The first kappa shape index (κ1) is 18.6. The van der Waals surface area contributed by atoms with Gasteiger partial charge in [-0.1, -0.05) is 0 Å². The van der Waals surface area contributed by atoms with Crippen molar-refractivity contribution in [2.24, 2.45) is 0 Å². The van der Waals surface area contributed by atoms with Gasteiger partial charge in [-0.15, -0.1) is 0 Å². The van der Waals surface area contributed by atoms with Crippen LogP contribution in [0.2, 0.25) is 0 Å². The van der Waals surface area contributed by atoms with Crippen molar-refractivity contribution in [3.05, 3.63) is 24.3 Å². The van der Waals surface area contributed by atoms with Crippen molar-refractivity contribution in [3.63, 3.8) is 0 Å². The van der Waals surface area contributed by atoms with Gasteiger partial charge in [-0.3, -0.25) is 9.59 Å². The van der Waals surface area contributed by atoms with Gasteiger partial charge < -0.3 is 19.9 Å². The Morgan fingerprint density at radius 1 is 1.16 bits per heavy atom. The van der Waals surface area contributed by atoms with Crippen LogP contribution in [0.5, 0.6) is 0 Å². The lowest BCUT2D eigenvalue weighted by Crippen LogP contribution is -2.53. The van der Waals surface area contributed by atoms with Crippen molar-refractivity contribution in [2.75, 3.05) is 38.1 Å². The van der Waals surface area contributed by atoms with Gasteiger partial charge in [0, 0.05) is 36.8 Å². The predicted molar refractivity (Wildman–Crippen MR) is 91.7 cm³/mol. The molecule has 0 bridgehead atoms. The number of hydrogen-bond donors (Lipinski definition) is 1. The Bertz CT molecular complexity index is 678. The Labute approximate surface area is 149 Å². The molecule has 1 aliphatic rings. The molecule has 0 aliphatic carbocycles. The van der Waals surface area contributed by atoms with E-state index in [2.05, 4.69) is 5.32 Å². The summed E-state index contributed by atoms with van der Waals surface area (Å²) in [5.41, 5.74) is 0.478. The van der Waals surface area contributed by atoms with Crippen LogP contribution in [-0.2, 0) is 14.3 Å². The topological polar surface area (TPSA) is 103 Å². The molecule has 2 rings (SSSR count). The van der Waals surface area contributed by atoms with Gasteiger partial charge in [-0.2, -0.15) is 5.26 Å². The number of thiocyanates is 1. The average molecular weight is 362 g/mol. The molecule has 132 valence electrons. The lowest BCUT2D eigenvalue weighted by Gasteiger charge is -2.33. The number of amides is 3. The number of nitrogens with zero attached hydrogens (tertiary/aromatic N) is 3. The van der Waals surface area contributed by atoms with Gasteiger partial charge in [0.15, 0.2) is 0 Å². The Kier molecular flexibility index (Phi) is 6.65. The summed E-state index contributed by atoms with van der Waals surface area (Å²) in [6.45, 7) is 3.25. The lowest BCUT2D eigenvalue weighted by molar-refractivity contribution is -0.144. The van der Waals surface area contributed by atoms with E-state index in [1.807, 2.05) is 5.40 Å². The fraction of sp³-hybridized carbons (Fsp3) is 0.375. The summed E-state index contributed by atoms with van der Waals surface area (Å²) in [5.74, 6) is -1.37. The molecule has 1 heterocycles. The van der Waals surface area contributed by atoms with Crippen molar-refractivity contribution in [2.45, 2.75) is 11.8 Å². The molecule has 0 unspecified atom stereocenters. The average Bonchev–Trinajstić information content (AvgIpc) is 2.63. The highest BCUT2D eigenvalue weighted by atomic mass is 32.2. The highest BCUT2D eigenvalue weighted by molar-refractivity contribution is 8.03. The second-order valence-corrected chi connectivity index (χ2v) is 6.01. The summed E-state index contributed by atoms with van der Waals surface area (Å²) in [7, 11) is 0. The molecule has 0 saturated carbocycles. The SMILES string of the molecule is CCOC(=O)N1CCN(C(=O)C(=O)Nc2ccc(SC#N)cc2)CC1. The lowest BCUT2D eigenvalue weighted by atomic mass is 10.3. The molecule has 1 aromatic rings. The van der Waals surface area contributed by atoms with Crippen molar-refractivity contribution < 1.29 is 19.1 Å². The Hall–Kier alpha value is -2.73. The van der Waals surface area contributed by atoms with Crippen LogP contribution in [-0.4, -0.2) is 60.5 Å². The standard InChI is InChI=1S/C16H18N4O4S/c1-2-24-16(23)20-9-7-19(8-10-20)15(22)14(21)18-12-3-5-13(6-4-12)25-11-17/h3-6H,2,7-10H2,1H3,(H,18,21). The number of nitriles is 1. The number of anilines is 1. The Morgan fingerprint density at radius 2 is 1.76 bits per heavy atom. The fourth-order valence-electron chi connectivity index (χ4n) is 2.29. The fourth-order valence-corrected chi connectivity index (χ4v) is 2.67. The first-order chi connectivity index (χ1) is 12.0. The van der Waals surface area contributed by atoms with Gasteiger partial charge in [0.2, 0.25) is 0 Å². The third-order valence-electron chi connectivity index (χ3n) is 3.56. The van der Waals surface area contributed by atoms with Crippen molar-refractivity contribution in [3.8, 4) is 5.40 Å². The van der Waals surface area contributed by atoms with Gasteiger partial charge in [0.1, 0.15) is 5.40 Å². The molecule has 1 fully saturated rings. The van der Waals surface area contributed by atoms with E-state index in [4.69, 9.17) is 10.00 Å². The van der Waals surface area contributed by atoms with Crippen LogP contribution in [0.3, 0.4) is 0 Å². The van der Waals surface area contributed by atoms with Crippen LogP contribution >= 0.6 is 11.8 Å². The number of carbonyl (C=O) groups is 3. The number of rotatable bonds is 3. The first-order valence-electron chi connectivity index (χ1n) is 7.73. The maximum atomic E-state index is 12.2. The number of benzene rings is 1. The van der Waals surface area contributed by atoms with Crippen LogP contribution < -0.4 is 5.32 Å². The minimum absolute atomic E-state index is 0.281. The first-order valence-corrected chi connectivity index (χ1v) is 8.54. The summed E-state index contributed by atoms with van der Waals surface area (Å²) >= 11 is 1.01. The quantitative estimate of drug-likeness (QED) is 0.497. The highest BCUT2D eigenvalue weighted by Gasteiger charge is 2.28. The number of hydrogen-bond acceptors (Lipinski definition) is 6. The minimum Gasteiger partial charge on any atom is -0.450 e. The number of ether oxygens (including phenoxy) is 1. The molecule has 1 N–H and O–H groups in total. The zero-order chi connectivity index (χ0) is 18.2. The Balaban J connectivity index is 1.85. The van der Waals surface area contributed by atoms with Gasteiger partial charge in [0.25, 0.3) is 0 Å². The summed E-state index contributed by atoms with van der Waals surface area (Å²) in [4.78, 5) is 39.6. The normalized spacial score (nSPS) is 13.8. The maximum Gasteiger partial charge on any atom is 0.409 e. The molecular formula is C16H18N4O4S. The van der Waals surface area contributed by atoms with E-state index in [1.54, 1.807) is 31.2 Å². The Morgan fingerprint density at radius 3 is 2.32 bits per heavy atom. The van der Waals surface area contributed by atoms with Gasteiger partial charge >= 0.3 is 17.9 Å².